The van der Waals surface area contributed by atoms with Crippen LogP contribution in [0.3, 0.4) is 0 Å². The average molecular weight is 322 g/mol. The molecule has 0 radical (unpaired) electrons. The SMILES string of the molecule is CC(C)COc1ccc(C(C)CC(O)C(C)N)cc1C(C)(C)C. The molecule has 23 heavy (non-hydrogen) atoms. The number of aliphatic hydroxyl groups excluding tert-OH is 1. The molecule has 1 rings (SSSR count). The summed E-state index contributed by atoms with van der Waals surface area (Å²) < 4.78 is 6.01. The highest BCUT2D eigenvalue weighted by atomic mass is 16.5. The van der Waals surface area contributed by atoms with Crippen molar-refractivity contribution in [3.8, 4) is 5.75 Å². The zero-order valence-electron chi connectivity index (χ0n) is 15.9. The van der Waals surface area contributed by atoms with Gasteiger partial charge in [0.25, 0.3) is 0 Å². The van der Waals surface area contributed by atoms with E-state index in [0.29, 0.717) is 12.3 Å². The molecule has 3 heteroatoms. The molecule has 3 nitrogen and oxygen atoms in total. The van der Waals surface area contributed by atoms with Gasteiger partial charge >= 0.3 is 0 Å². The molecule has 0 aliphatic rings. The van der Waals surface area contributed by atoms with Crippen LogP contribution in [0.5, 0.6) is 5.75 Å². The Morgan fingerprint density at radius 3 is 2.22 bits per heavy atom. The molecule has 132 valence electrons. The lowest BCUT2D eigenvalue weighted by atomic mass is 9.83. The summed E-state index contributed by atoms with van der Waals surface area (Å²) in [5, 5.41) is 10.0. The maximum Gasteiger partial charge on any atom is 0.123 e. The Morgan fingerprint density at radius 1 is 1.13 bits per heavy atom. The van der Waals surface area contributed by atoms with Gasteiger partial charge in [-0.25, -0.2) is 0 Å². The van der Waals surface area contributed by atoms with Gasteiger partial charge in [-0.1, -0.05) is 53.7 Å². The van der Waals surface area contributed by atoms with Gasteiger partial charge in [-0.05, 0) is 47.8 Å². The van der Waals surface area contributed by atoms with Gasteiger partial charge in [0.2, 0.25) is 0 Å². The lowest BCUT2D eigenvalue weighted by Gasteiger charge is -2.26. The quantitative estimate of drug-likeness (QED) is 0.790. The summed E-state index contributed by atoms with van der Waals surface area (Å²) in [4.78, 5) is 0. The molecular weight excluding hydrogens is 286 g/mol. The van der Waals surface area contributed by atoms with Crippen LogP contribution in [-0.2, 0) is 5.41 Å². The molecule has 0 aliphatic heterocycles. The van der Waals surface area contributed by atoms with Gasteiger partial charge in [0.15, 0.2) is 0 Å². The third-order valence-electron chi connectivity index (χ3n) is 4.15. The van der Waals surface area contributed by atoms with Gasteiger partial charge in [0, 0.05) is 6.04 Å². The number of rotatable bonds is 7. The molecule has 0 saturated carbocycles. The topological polar surface area (TPSA) is 55.5 Å². The number of hydrogen-bond acceptors (Lipinski definition) is 3. The third-order valence-corrected chi connectivity index (χ3v) is 4.15. The van der Waals surface area contributed by atoms with Crippen LogP contribution in [0.25, 0.3) is 0 Å². The minimum atomic E-state index is -0.472. The molecule has 0 spiro atoms. The molecule has 0 amide bonds. The van der Waals surface area contributed by atoms with Gasteiger partial charge in [-0.2, -0.15) is 0 Å². The van der Waals surface area contributed by atoms with Crippen molar-refractivity contribution < 1.29 is 9.84 Å². The summed E-state index contributed by atoms with van der Waals surface area (Å²) in [6.45, 7) is 15.6. The molecule has 0 aliphatic carbocycles. The molecule has 3 N–H and O–H groups in total. The van der Waals surface area contributed by atoms with Gasteiger partial charge in [0.1, 0.15) is 5.75 Å². The zero-order valence-corrected chi connectivity index (χ0v) is 15.9. The molecule has 0 aromatic heterocycles. The predicted molar refractivity (Wildman–Crippen MR) is 98.2 cm³/mol. The fourth-order valence-electron chi connectivity index (χ4n) is 2.54. The van der Waals surface area contributed by atoms with E-state index in [4.69, 9.17) is 10.5 Å². The summed E-state index contributed by atoms with van der Waals surface area (Å²) in [6, 6.07) is 6.22. The lowest BCUT2D eigenvalue weighted by Crippen LogP contribution is -2.32. The Balaban J connectivity index is 3.03. The Hall–Kier alpha value is -1.06. The Bertz CT molecular complexity index is 489. The van der Waals surface area contributed by atoms with Crippen molar-refractivity contribution in [1.29, 1.82) is 0 Å². The van der Waals surface area contributed by atoms with E-state index < -0.39 is 6.10 Å². The van der Waals surface area contributed by atoms with Crippen LogP contribution in [0.2, 0.25) is 0 Å². The molecule has 3 atom stereocenters. The molecule has 0 fully saturated rings. The minimum absolute atomic E-state index is 0.0157. The molecule has 3 unspecified atom stereocenters. The van der Waals surface area contributed by atoms with E-state index in [1.165, 1.54) is 11.1 Å². The van der Waals surface area contributed by atoms with Crippen molar-refractivity contribution >= 4 is 0 Å². The second kappa shape index (κ2) is 8.16. The Kier molecular flexibility index (Phi) is 7.09. The predicted octanol–water partition coefficient (Wildman–Crippen LogP) is 4.22. The van der Waals surface area contributed by atoms with Crippen LogP contribution < -0.4 is 10.5 Å². The van der Waals surface area contributed by atoms with Crippen molar-refractivity contribution in [1.82, 2.24) is 0 Å². The zero-order chi connectivity index (χ0) is 17.8. The van der Waals surface area contributed by atoms with Crippen LogP contribution >= 0.6 is 0 Å². The first-order valence-corrected chi connectivity index (χ1v) is 8.73. The lowest BCUT2D eigenvalue weighted by molar-refractivity contribution is 0.134. The minimum Gasteiger partial charge on any atom is -0.493 e. The summed E-state index contributed by atoms with van der Waals surface area (Å²) in [5.74, 6) is 1.73. The maximum atomic E-state index is 10.0. The average Bonchev–Trinajstić information content (AvgIpc) is 2.43. The van der Waals surface area contributed by atoms with E-state index in [0.717, 1.165) is 12.4 Å². The van der Waals surface area contributed by atoms with E-state index in [1.54, 1.807) is 0 Å². The van der Waals surface area contributed by atoms with Gasteiger partial charge in [-0.15, -0.1) is 0 Å². The van der Waals surface area contributed by atoms with Gasteiger partial charge in [-0.3, -0.25) is 0 Å². The van der Waals surface area contributed by atoms with Crippen LogP contribution in [0.1, 0.15) is 71.9 Å². The number of nitrogens with two attached hydrogens (primary N) is 1. The molecule has 1 aromatic rings. The van der Waals surface area contributed by atoms with Crippen molar-refractivity contribution in [2.75, 3.05) is 6.61 Å². The fraction of sp³-hybridized carbons (Fsp3) is 0.700. The first-order valence-electron chi connectivity index (χ1n) is 8.73. The van der Waals surface area contributed by atoms with E-state index in [-0.39, 0.29) is 17.4 Å². The second-order valence-corrected chi connectivity index (χ2v) is 8.27. The molecule has 1 aromatic carbocycles. The van der Waals surface area contributed by atoms with Crippen molar-refractivity contribution in [3.63, 3.8) is 0 Å². The van der Waals surface area contributed by atoms with E-state index in [2.05, 4.69) is 59.7 Å². The first-order chi connectivity index (χ1) is 10.5. The van der Waals surface area contributed by atoms with E-state index in [1.807, 2.05) is 6.92 Å². The Labute approximate surface area is 142 Å². The fourth-order valence-corrected chi connectivity index (χ4v) is 2.54. The van der Waals surface area contributed by atoms with Crippen molar-refractivity contribution in [2.45, 2.75) is 78.4 Å². The van der Waals surface area contributed by atoms with Gasteiger partial charge < -0.3 is 15.6 Å². The number of ether oxygens (including phenoxy) is 1. The van der Waals surface area contributed by atoms with Crippen molar-refractivity contribution in [3.05, 3.63) is 29.3 Å². The summed E-state index contributed by atoms with van der Waals surface area (Å²) in [7, 11) is 0. The van der Waals surface area contributed by atoms with Gasteiger partial charge in [0.05, 0.1) is 12.7 Å². The summed E-state index contributed by atoms with van der Waals surface area (Å²) >= 11 is 0. The normalized spacial score (nSPS) is 16.3. The number of benzene rings is 1. The van der Waals surface area contributed by atoms with Crippen LogP contribution in [-0.4, -0.2) is 23.9 Å². The number of hydrogen-bond donors (Lipinski definition) is 2. The van der Waals surface area contributed by atoms with E-state index in [9.17, 15) is 5.11 Å². The second-order valence-electron chi connectivity index (χ2n) is 8.27. The summed E-state index contributed by atoms with van der Waals surface area (Å²) in [5.41, 5.74) is 8.25. The molecule has 0 heterocycles. The van der Waals surface area contributed by atoms with Crippen LogP contribution in [0.15, 0.2) is 18.2 Å². The monoisotopic (exact) mass is 321 g/mol. The Morgan fingerprint density at radius 2 is 1.74 bits per heavy atom. The smallest absolute Gasteiger partial charge is 0.123 e. The summed E-state index contributed by atoms with van der Waals surface area (Å²) in [6.07, 6.45) is 0.202. The van der Waals surface area contributed by atoms with Crippen LogP contribution in [0, 0.1) is 5.92 Å². The highest BCUT2D eigenvalue weighted by Crippen LogP contribution is 2.35. The molecule has 0 saturated heterocycles. The largest absolute Gasteiger partial charge is 0.493 e. The standard InChI is InChI=1S/C20H35NO2/c1-13(2)12-23-19-9-8-16(11-17(19)20(5,6)7)14(3)10-18(22)15(4)21/h8-9,11,13-15,18,22H,10,12,21H2,1-7H3. The highest BCUT2D eigenvalue weighted by Gasteiger charge is 2.22. The van der Waals surface area contributed by atoms with E-state index >= 15 is 0 Å². The third kappa shape index (κ3) is 6.15. The number of aliphatic hydroxyl groups is 1. The highest BCUT2D eigenvalue weighted by molar-refractivity contribution is 5.42. The molecule has 0 bridgehead atoms. The molecular formula is C20H35NO2. The maximum absolute atomic E-state index is 10.0. The van der Waals surface area contributed by atoms with Crippen LogP contribution in [0.4, 0.5) is 0 Å². The first kappa shape index (κ1) is 20.0. The van der Waals surface area contributed by atoms with Crippen molar-refractivity contribution in [2.24, 2.45) is 11.7 Å².